The van der Waals surface area contributed by atoms with Crippen molar-refractivity contribution in [2.45, 2.75) is 32.7 Å². The van der Waals surface area contributed by atoms with Crippen molar-refractivity contribution in [3.8, 4) is 5.75 Å². The highest BCUT2D eigenvalue weighted by Gasteiger charge is 2.15. The number of nitrogens with zero attached hydrogens (tertiary/aromatic N) is 1. The second kappa shape index (κ2) is 6.57. The maximum atomic E-state index is 5.53. The van der Waals surface area contributed by atoms with Crippen LogP contribution in [0.3, 0.4) is 0 Å². The standard InChI is InChI=1S/C15H21NO2Si/c1-11-7-8-14(17-6)13(9-11)10-16-12(2)18-19-15(3,4)5/h7-10H,2H2,1,3-6H3. The Labute approximate surface area is 118 Å². The molecule has 1 rings (SSSR count). The van der Waals surface area contributed by atoms with Gasteiger partial charge in [0.15, 0.2) is 5.88 Å². The van der Waals surface area contributed by atoms with Crippen molar-refractivity contribution in [2.24, 2.45) is 4.99 Å². The Kier molecular flexibility index (Phi) is 5.36. The van der Waals surface area contributed by atoms with Crippen LogP contribution in [0.25, 0.3) is 0 Å². The molecule has 4 heteroatoms. The topological polar surface area (TPSA) is 30.8 Å². The fourth-order valence-electron chi connectivity index (χ4n) is 1.33. The van der Waals surface area contributed by atoms with E-state index in [9.17, 15) is 0 Å². The van der Waals surface area contributed by atoms with Crippen molar-refractivity contribution in [3.05, 3.63) is 41.8 Å². The van der Waals surface area contributed by atoms with Crippen LogP contribution in [0, 0.1) is 6.92 Å². The van der Waals surface area contributed by atoms with Crippen LogP contribution in [-0.2, 0) is 4.43 Å². The lowest BCUT2D eigenvalue weighted by atomic mass is 10.1. The molecule has 0 aromatic heterocycles. The van der Waals surface area contributed by atoms with Crippen LogP contribution < -0.4 is 4.74 Å². The Hall–Kier alpha value is -1.55. The molecule has 1 aromatic rings. The Balaban J connectivity index is 2.71. The lowest BCUT2D eigenvalue weighted by molar-refractivity contribution is 0.413. The van der Waals surface area contributed by atoms with Crippen LogP contribution in [0.2, 0.25) is 5.04 Å². The SMILES string of the molecule is C=C(N=Cc1cc(C)ccc1OC)O[Si]C(C)(C)C. The van der Waals surface area contributed by atoms with Crippen molar-refractivity contribution in [3.63, 3.8) is 0 Å². The predicted molar refractivity (Wildman–Crippen MR) is 81.0 cm³/mol. The molecule has 0 unspecified atom stereocenters. The zero-order valence-electron chi connectivity index (χ0n) is 12.3. The van der Waals surface area contributed by atoms with Gasteiger partial charge >= 0.3 is 9.76 Å². The molecule has 0 saturated carbocycles. The third kappa shape index (κ3) is 5.74. The van der Waals surface area contributed by atoms with Crippen molar-refractivity contribution in [1.29, 1.82) is 0 Å². The molecule has 0 aliphatic heterocycles. The lowest BCUT2D eigenvalue weighted by Gasteiger charge is -2.15. The molecule has 102 valence electrons. The van der Waals surface area contributed by atoms with Crippen molar-refractivity contribution in [2.75, 3.05) is 7.11 Å². The van der Waals surface area contributed by atoms with Gasteiger partial charge in [0, 0.05) is 11.8 Å². The van der Waals surface area contributed by atoms with Gasteiger partial charge in [0.05, 0.1) is 7.11 Å². The number of hydrogen-bond acceptors (Lipinski definition) is 3. The van der Waals surface area contributed by atoms with E-state index in [0.29, 0.717) is 15.6 Å². The summed E-state index contributed by atoms with van der Waals surface area (Å²) in [6.45, 7) is 12.2. The number of ether oxygens (including phenoxy) is 1. The molecule has 0 heterocycles. The minimum absolute atomic E-state index is 0.124. The number of aliphatic imine (C=N–C) groups is 1. The van der Waals surface area contributed by atoms with E-state index in [1.54, 1.807) is 13.3 Å². The first-order valence-corrected chi connectivity index (χ1v) is 7.04. The van der Waals surface area contributed by atoms with Crippen LogP contribution in [-0.4, -0.2) is 23.1 Å². The zero-order valence-corrected chi connectivity index (χ0v) is 13.3. The smallest absolute Gasteiger partial charge is 0.318 e. The molecule has 0 spiro atoms. The van der Waals surface area contributed by atoms with Gasteiger partial charge < -0.3 is 9.16 Å². The van der Waals surface area contributed by atoms with Crippen LogP contribution in [0.15, 0.2) is 35.7 Å². The molecule has 0 aliphatic carbocycles. The Morgan fingerprint density at radius 3 is 2.63 bits per heavy atom. The van der Waals surface area contributed by atoms with Gasteiger partial charge in [0.25, 0.3) is 0 Å². The third-order valence-electron chi connectivity index (χ3n) is 2.21. The molecule has 3 nitrogen and oxygen atoms in total. The van der Waals surface area contributed by atoms with Gasteiger partial charge in [0.1, 0.15) is 5.75 Å². The van der Waals surface area contributed by atoms with Gasteiger partial charge in [-0.15, -0.1) is 0 Å². The molecule has 1 aromatic carbocycles. The molecule has 0 bridgehead atoms. The third-order valence-corrected chi connectivity index (χ3v) is 3.16. The molecule has 0 aliphatic rings. The van der Waals surface area contributed by atoms with Gasteiger partial charge in [-0.3, -0.25) is 0 Å². The maximum absolute atomic E-state index is 5.53. The summed E-state index contributed by atoms with van der Waals surface area (Å²) in [6, 6.07) is 5.95. The van der Waals surface area contributed by atoms with Crippen molar-refractivity contribution < 1.29 is 9.16 Å². The summed E-state index contributed by atoms with van der Waals surface area (Å²) < 4.78 is 10.8. The van der Waals surface area contributed by atoms with E-state index in [1.165, 1.54) is 0 Å². The lowest BCUT2D eigenvalue weighted by Crippen LogP contribution is -2.11. The molecule has 19 heavy (non-hydrogen) atoms. The second-order valence-corrected chi connectivity index (χ2v) is 7.26. The largest absolute Gasteiger partial charge is 0.528 e. The summed E-state index contributed by atoms with van der Waals surface area (Å²) in [5.74, 6) is 1.22. The Morgan fingerprint density at radius 2 is 2.05 bits per heavy atom. The average Bonchev–Trinajstić information content (AvgIpc) is 2.33. The number of aryl methyl sites for hydroxylation is 1. The molecule has 0 fully saturated rings. The van der Waals surface area contributed by atoms with E-state index in [2.05, 4.69) is 32.3 Å². The first kappa shape index (κ1) is 15.5. The molecule has 2 radical (unpaired) electrons. The Bertz CT molecular complexity index is 476. The predicted octanol–water partition coefficient (Wildman–Crippen LogP) is 3.75. The number of benzene rings is 1. The summed E-state index contributed by atoms with van der Waals surface area (Å²) >= 11 is 0. The van der Waals surface area contributed by atoms with Crippen LogP contribution in [0.1, 0.15) is 31.9 Å². The first-order valence-electron chi connectivity index (χ1n) is 6.13. The van der Waals surface area contributed by atoms with E-state index in [4.69, 9.17) is 9.16 Å². The number of rotatable bonds is 5. The summed E-state index contributed by atoms with van der Waals surface area (Å²) in [5, 5.41) is 0.124. The van der Waals surface area contributed by atoms with Crippen molar-refractivity contribution >= 4 is 16.0 Å². The molecular formula is C15H21NO2Si. The van der Waals surface area contributed by atoms with E-state index in [1.807, 2.05) is 25.1 Å². The van der Waals surface area contributed by atoms with Gasteiger partial charge in [-0.2, -0.15) is 0 Å². The van der Waals surface area contributed by atoms with Gasteiger partial charge in [-0.05, 0) is 30.7 Å². The van der Waals surface area contributed by atoms with Gasteiger partial charge in [0.2, 0.25) is 0 Å². The molecule has 0 amide bonds. The van der Waals surface area contributed by atoms with Crippen LogP contribution in [0.5, 0.6) is 5.75 Å². The second-order valence-electron chi connectivity index (χ2n) is 5.35. The minimum Gasteiger partial charge on any atom is -0.528 e. The Morgan fingerprint density at radius 1 is 1.37 bits per heavy atom. The summed E-state index contributed by atoms with van der Waals surface area (Å²) in [7, 11) is 1.99. The summed E-state index contributed by atoms with van der Waals surface area (Å²) in [5.41, 5.74) is 2.08. The summed E-state index contributed by atoms with van der Waals surface area (Å²) in [6.07, 6.45) is 1.72. The number of methoxy groups -OCH3 is 1. The van der Waals surface area contributed by atoms with E-state index in [-0.39, 0.29) is 5.04 Å². The van der Waals surface area contributed by atoms with Crippen LogP contribution >= 0.6 is 0 Å². The van der Waals surface area contributed by atoms with E-state index < -0.39 is 0 Å². The number of hydrogen-bond donors (Lipinski definition) is 0. The normalized spacial score (nSPS) is 11.6. The van der Waals surface area contributed by atoms with Gasteiger partial charge in [-0.25, -0.2) is 4.99 Å². The van der Waals surface area contributed by atoms with E-state index >= 15 is 0 Å². The average molecular weight is 275 g/mol. The quantitative estimate of drug-likeness (QED) is 0.465. The summed E-state index contributed by atoms with van der Waals surface area (Å²) in [4.78, 5) is 4.23. The molecule has 0 N–H and O–H groups in total. The highest BCUT2D eigenvalue weighted by molar-refractivity contribution is 6.32. The highest BCUT2D eigenvalue weighted by Crippen LogP contribution is 2.21. The fraction of sp³-hybridized carbons (Fsp3) is 0.400. The molecule has 0 atom stereocenters. The monoisotopic (exact) mass is 275 g/mol. The molecule has 0 saturated heterocycles. The first-order chi connectivity index (χ1) is 8.81. The molecular weight excluding hydrogens is 254 g/mol. The minimum atomic E-state index is 0.124. The van der Waals surface area contributed by atoms with Crippen LogP contribution in [0.4, 0.5) is 0 Å². The highest BCUT2D eigenvalue weighted by atomic mass is 28.2. The van der Waals surface area contributed by atoms with E-state index in [0.717, 1.165) is 16.9 Å². The maximum Gasteiger partial charge on any atom is 0.318 e. The zero-order chi connectivity index (χ0) is 14.5. The van der Waals surface area contributed by atoms with Gasteiger partial charge in [-0.1, -0.05) is 32.4 Å². The fourth-order valence-corrected chi connectivity index (χ4v) is 1.81. The van der Waals surface area contributed by atoms with Crippen molar-refractivity contribution in [1.82, 2.24) is 0 Å².